The number of rotatable bonds is 3. The Balaban J connectivity index is 2.26. The molecule has 0 aliphatic heterocycles. The predicted molar refractivity (Wildman–Crippen MR) is 71.2 cm³/mol. The number of ether oxygens (including phenoxy) is 1. The molecule has 9 nitrogen and oxygen atoms in total. The van der Waals surface area contributed by atoms with Crippen molar-refractivity contribution in [2.45, 2.75) is 0 Å². The average Bonchev–Trinajstić information content (AvgIpc) is 2.46. The van der Waals surface area contributed by atoms with Crippen LogP contribution in [0.4, 0.5) is 5.69 Å². The van der Waals surface area contributed by atoms with Gasteiger partial charge < -0.3 is 9.84 Å². The number of azo groups is 1. The summed E-state index contributed by atoms with van der Waals surface area (Å²) < 4.78 is 4.94. The Kier molecular flexibility index (Phi) is 3.93. The molecular formula is C12H10N4O5. The minimum atomic E-state index is -0.956. The molecule has 0 spiro atoms. The summed E-state index contributed by atoms with van der Waals surface area (Å²) in [5.74, 6) is -0.920. The second-order valence-electron chi connectivity index (χ2n) is 3.84. The largest absolute Gasteiger partial charge is 0.497 e. The first-order valence-corrected chi connectivity index (χ1v) is 5.67. The Labute approximate surface area is 116 Å². The molecule has 2 rings (SSSR count). The molecule has 0 fully saturated rings. The summed E-state index contributed by atoms with van der Waals surface area (Å²) in [6, 6.07) is 6.06. The third-order valence-corrected chi connectivity index (χ3v) is 2.48. The van der Waals surface area contributed by atoms with E-state index in [4.69, 9.17) is 4.74 Å². The van der Waals surface area contributed by atoms with Crippen molar-refractivity contribution in [1.82, 2.24) is 9.97 Å². The van der Waals surface area contributed by atoms with Crippen molar-refractivity contribution in [3.05, 3.63) is 50.7 Å². The molecule has 0 aliphatic carbocycles. The first-order valence-electron chi connectivity index (χ1n) is 5.67. The zero-order valence-electron chi connectivity index (χ0n) is 10.8. The number of H-pyrrole nitrogens is 2. The molecule has 9 heteroatoms. The number of methoxy groups -OCH3 is 1. The van der Waals surface area contributed by atoms with Gasteiger partial charge in [0.2, 0.25) is 11.6 Å². The Hall–Kier alpha value is -3.23. The summed E-state index contributed by atoms with van der Waals surface area (Å²) in [6.07, 6.45) is 0. The first kappa shape index (κ1) is 14.2. The molecule has 0 saturated carbocycles. The summed E-state index contributed by atoms with van der Waals surface area (Å²) in [6.45, 7) is 0. The van der Waals surface area contributed by atoms with Crippen LogP contribution in [0.5, 0.6) is 11.6 Å². The normalized spacial score (nSPS) is 10.7. The molecular weight excluding hydrogens is 280 g/mol. The molecule has 1 heterocycles. The van der Waals surface area contributed by atoms with E-state index in [0.717, 1.165) is 0 Å². The smallest absolute Gasteiger partial charge is 0.328 e. The van der Waals surface area contributed by atoms with E-state index < -0.39 is 28.7 Å². The highest BCUT2D eigenvalue weighted by molar-refractivity contribution is 5.94. The first-order chi connectivity index (χ1) is 10.0. The van der Waals surface area contributed by atoms with Gasteiger partial charge in [-0.1, -0.05) is 0 Å². The topological polar surface area (TPSA) is 137 Å². The number of carbonyl (C=O) groups is 1. The SMILES string of the molecule is COc1ccc(C(=O)N=Nc2c(O)[nH]c(=O)[nH]c2=O)cc1. The Morgan fingerprint density at radius 1 is 1.19 bits per heavy atom. The Morgan fingerprint density at radius 3 is 2.43 bits per heavy atom. The van der Waals surface area contributed by atoms with Crippen molar-refractivity contribution >= 4 is 11.6 Å². The average molecular weight is 290 g/mol. The van der Waals surface area contributed by atoms with Crippen molar-refractivity contribution in [1.29, 1.82) is 0 Å². The second-order valence-corrected chi connectivity index (χ2v) is 3.84. The molecule has 2 aromatic rings. The molecule has 1 aromatic heterocycles. The maximum absolute atomic E-state index is 11.7. The fourth-order valence-electron chi connectivity index (χ4n) is 1.45. The van der Waals surface area contributed by atoms with Gasteiger partial charge in [0.15, 0.2) is 0 Å². The summed E-state index contributed by atoms with van der Waals surface area (Å²) in [5.41, 5.74) is -2.18. The zero-order chi connectivity index (χ0) is 15.4. The molecule has 1 aromatic carbocycles. The van der Waals surface area contributed by atoms with Crippen molar-refractivity contribution in [2.24, 2.45) is 10.2 Å². The summed E-state index contributed by atoms with van der Waals surface area (Å²) in [4.78, 5) is 37.7. The summed E-state index contributed by atoms with van der Waals surface area (Å²) in [7, 11) is 1.49. The minimum absolute atomic E-state index is 0.222. The number of benzene rings is 1. The highest BCUT2D eigenvalue weighted by Gasteiger charge is 2.09. The molecule has 0 saturated heterocycles. The quantitative estimate of drug-likeness (QED) is 0.714. The third kappa shape index (κ3) is 3.21. The van der Waals surface area contributed by atoms with E-state index in [1.807, 2.05) is 9.97 Å². The molecule has 0 radical (unpaired) electrons. The van der Waals surface area contributed by atoms with Crippen molar-refractivity contribution < 1.29 is 14.6 Å². The van der Waals surface area contributed by atoms with Gasteiger partial charge in [-0.15, -0.1) is 10.2 Å². The van der Waals surface area contributed by atoms with Gasteiger partial charge in [0.1, 0.15) is 5.75 Å². The fraction of sp³-hybridized carbons (Fsp3) is 0.0833. The van der Waals surface area contributed by atoms with Gasteiger partial charge in [-0.3, -0.25) is 19.6 Å². The van der Waals surface area contributed by atoms with E-state index >= 15 is 0 Å². The number of hydrogen-bond acceptors (Lipinski definition) is 6. The van der Waals surface area contributed by atoms with Gasteiger partial charge in [-0.2, -0.15) is 0 Å². The third-order valence-electron chi connectivity index (χ3n) is 2.48. The lowest BCUT2D eigenvalue weighted by atomic mass is 10.2. The minimum Gasteiger partial charge on any atom is -0.497 e. The van der Waals surface area contributed by atoms with Crippen molar-refractivity contribution in [3.8, 4) is 11.6 Å². The lowest BCUT2D eigenvalue weighted by molar-refractivity contribution is 0.0995. The molecule has 0 unspecified atom stereocenters. The van der Waals surface area contributed by atoms with Crippen LogP contribution in [0, 0.1) is 0 Å². The van der Waals surface area contributed by atoms with Gasteiger partial charge in [-0.25, -0.2) is 4.79 Å². The Bertz CT molecular complexity index is 804. The van der Waals surface area contributed by atoms with Crippen LogP contribution in [0.15, 0.2) is 44.1 Å². The number of carbonyl (C=O) groups excluding carboxylic acids is 1. The summed E-state index contributed by atoms with van der Waals surface area (Å²) in [5, 5.41) is 16.0. The second kappa shape index (κ2) is 5.82. The molecule has 0 atom stereocenters. The molecule has 0 bridgehead atoms. The molecule has 0 aliphatic rings. The molecule has 108 valence electrons. The van der Waals surface area contributed by atoms with Crippen LogP contribution in [-0.4, -0.2) is 28.1 Å². The highest BCUT2D eigenvalue weighted by Crippen LogP contribution is 2.17. The number of nitrogens with zero attached hydrogens (tertiary/aromatic N) is 2. The van der Waals surface area contributed by atoms with E-state index in [1.54, 1.807) is 12.1 Å². The van der Waals surface area contributed by atoms with E-state index in [9.17, 15) is 19.5 Å². The van der Waals surface area contributed by atoms with E-state index in [2.05, 4.69) is 10.2 Å². The van der Waals surface area contributed by atoms with E-state index in [0.29, 0.717) is 5.75 Å². The standard InChI is InChI=1S/C12H10N4O5/c1-21-7-4-2-6(3-5-7)9(17)16-15-8-10(18)13-12(20)14-11(8)19/h2-5H,1H3,(H3,13,14,18,19,20). The molecule has 1 amide bonds. The van der Waals surface area contributed by atoms with Gasteiger partial charge in [0.05, 0.1) is 7.11 Å². The molecule has 21 heavy (non-hydrogen) atoms. The fourth-order valence-corrected chi connectivity index (χ4v) is 1.45. The van der Waals surface area contributed by atoms with Gasteiger partial charge in [0, 0.05) is 5.56 Å². The number of aromatic amines is 2. The lowest BCUT2D eigenvalue weighted by Crippen LogP contribution is -2.21. The number of aromatic hydroxyl groups is 1. The van der Waals surface area contributed by atoms with E-state index in [-0.39, 0.29) is 5.56 Å². The zero-order valence-corrected chi connectivity index (χ0v) is 10.8. The van der Waals surface area contributed by atoms with E-state index in [1.165, 1.54) is 19.2 Å². The monoisotopic (exact) mass is 290 g/mol. The van der Waals surface area contributed by atoms with Crippen molar-refractivity contribution in [2.75, 3.05) is 7.11 Å². The van der Waals surface area contributed by atoms with Crippen molar-refractivity contribution in [3.63, 3.8) is 0 Å². The number of amides is 1. The van der Waals surface area contributed by atoms with Crippen LogP contribution >= 0.6 is 0 Å². The highest BCUT2D eigenvalue weighted by atomic mass is 16.5. The lowest BCUT2D eigenvalue weighted by Gasteiger charge is -1.99. The van der Waals surface area contributed by atoms with Crippen LogP contribution in [0.25, 0.3) is 0 Å². The maximum Gasteiger partial charge on any atom is 0.328 e. The maximum atomic E-state index is 11.7. The van der Waals surface area contributed by atoms with Gasteiger partial charge >= 0.3 is 5.69 Å². The van der Waals surface area contributed by atoms with Crippen LogP contribution < -0.4 is 16.0 Å². The van der Waals surface area contributed by atoms with Crippen LogP contribution in [0.1, 0.15) is 10.4 Å². The summed E-state index contributed by atoms with van der Waals surface area (Å²) >= 11 is 0. The van der Waals surface area contributed by atoms with Gasteiger partial charge in [-0.05, 0) is 24.3 Å². The number of hydrogen-bond donors (Lipinski definition) is 3. The molecule has 3 N–H and O–H groups in total. The van der Waals surface area contributed by atoms with Crippen LogP contribution in [-0.2, 0) is 0 Å². The van der Waals surface area contributed by atoms with Gasteiger partial charge in [0.25, 0.3) is 11.5 Å². The Morgan fingerprint density at radius 2 is 1.86 bits per heavy atom. The predicted octanol–water partition coefficient (Wildman–Crippen LogP) is 0.701. The van der Waals surface area contributed by atoms with Crippen LogP contribution in [0.2, 0.25) is 0 Å². The van der Waals surface area contributed by atoms with Crippen LogP contribution in [0.3, 0.4) is 0 Å². The number of nitrogens with one attached hydrogen (secondary N) is 2. The number of aromatic nitrogens is 2.